The lowest BCUT2D eigenvalue weighted by molar-refractivity contribution is 0.459. The highest BCUT2D eigenvalue weighted by Gasteiger charge is 2.09. The fourth-order valence-corrected chi connectivity index (χ4v) is 2.55. The molecule has 0 saturated carbocycles. The lowest BCUT2D eigenvalue weighted by atomic mass is 10.2. The molecule has 0 atom stereocenters. The van der Waals surface area contributed by atoms with Crippen LogP contribution in [0.4, 0.5) is 5.82 Å². The summed E-state index contributed by atoms with van der Waals surface area (Å²) in [5.41, 5.74) is 1.42. The molecular weight excluding hydrogens is 334 g/mol. The Hall–Kier alpha value is -2.08. The normalized spacial score (nSPS) is 11.0. The number of aromatic nitrogens is 2. The van der Waals surface area contributed by atoms with E-state index >= 15 is 0 Å². The Morgan fingerprint density at radius 3 is 3.05 bits per heavy atom. The van der Waals surface area contributed by atoms with Gasteiger partial charge < -0.3 is 14.4 Å². The van der Waals surface area contributed by atoms with Gasteiger partial charge in [0.15, 0.2) is 11.4 Å². The van der Waals surface area contributed by atoms with E-state index in [0.29, 0.717) is 30.1 Å². The van der Waals surface area contributed by atoms with Crippen molar-refractivity contribution in [3.8, 4) is 0 Å². The minimum absolute atomic E-state index is 0.0153. The zero-order valence-electron chi connectivity index (χ0n) is 11.5. The highest BCUT2D eigenvalue weighted by Crippen LogP contribution is 2.26. The summed E-state index contributed by atoms with van der Waals surface area (Å²) >= 11 is 3.43. The van der Waals surface area contributed by atoms with Gasteiger partial charge in [0.2, 0.25) is 0 Å². The quantitative estimate of drug-likeness (QED) is 0.785. The van der Waals surface area contributed by atoms with E-state index in [1.165, 1.54) is 0 Å². The molecule has 0 bridgehead atoms. The SMILES string of the molecule is CCn1cccc(CNc2noc3ccc(Br)cc23)c1=O. The average Bonchev–Trinajstić information content (AvgIpc) is 2.88. The molecule has 0 fully saturated rings. The van der Waals surface area contributed by atoms with E-state index in [1.807, 2.05) is 37.3 Å². The second kappa shape index (κ2) is 5.73. The molecule has 0 spiro atoms. The summed E-state index contributed by atoms with van der Waals surface area (Å²) in [6.07, 6.45) is 1.79. The third kappa shape index (κ3) is 2.71. The summed E-state index contributed by atoms with van der Waals surface area (Å²) in [7, 11) is 0. The largest absolute Gasteiger partial charge is 0.362 e. The number of nitrogens with zero attached hydrogens (tertiary/aromatic N) is 2. The van der Waals surface area contributed by atoms with E-state index in [-0.39, 0.29) is 5.56 Å². The molecule has 0 aliphatic rings. The van der Waals surface area contributed by atoms with Crippen LogP contribution in [0.15, 0.2) is 50.3 Å². The van der Waals surface area contributed by atoms with Gasteiger partial charge in [-0.15, -0.1) is 0 Å². The van der Waals surface area contributed by atoms with Crippen LogP contribution < -0.4 is 10.9 Å². The van der Waals surface area contributed by atoms with Gasteiger partial charge in [-0.25, -0.2) is 0 Å². The van der Waals surface area contributed by atoms with Gasteiger partial charge in [0.25, 0.3) is 5.56 Å². The van der Waals surface area contributed by atoms with Crippen LogP contribution >= 0.6 is 15.9 Å². The lowest BCUT2D eigenvalue weighted by Crippen LogP contribution is -2.23. The number of halogens is 1. The van der Waals surface area contributed by atoms with E-state index in [2.05, 4.69) is 26.4 Å². The Balaban J connectivity index is 1.87. The number of anilines is 1. The summed E-state index contributed by atoms with van der Waals surface area (Å²) in [5, 5.41) is 8.06. The van der Waals surface area contributed by atoms with Crippen LogP contribution in [-0.4, -0.2) is 9.72 Å². The molecule has 1 aromatic carbocycles. The molecule has 0 saturated heterocycles. The van der Waals surface area contributed by atoms with Gasteiger partial charge >= 0.3 is 0 Å². The predicted molar refractivity (Wildman–Crippen MR) is 85.4 cm³/mol. The van der Waals surface area contributed by atoms with Crippen molar-refractivity contribution in [3.05, 3.63) is 56.9 Å². The van der Waals surface area contributed by atoms with Gasteiger partial charge in [0, 0.05) is 29.3 Å². The highest BCUT2D eigenvalue weighted by atomic mass is 79.9. The standard InChI is InChI=1S/C15H14BrN3O2/c1-2-19-7-3-4-10(15(19)20)9-17-14-12-8-11(16)5-6-13(12)21-18-14/h3-8H,2,9H2,1H3,(H,17,18). The third-order valence-corrected chi connectivity index (χ3v) is 3.81. The number of hydrogen-bond acceptors (Lipinski definition) is 4. The smallest absolute Gasteiger partial charge is 0.255 e. The van der Waals surface area contributed by atoms with E-state index in [9.17, 15) is 4.79 Å². The minimum atomic E-state index is 0.0153. The van der Waals surface area contributed by atoms with Crippen LogP contribution in [0.5, 0.6) is 0 Å². The zero-order valence-corrected chi connectivity index (χ0v) is 13.1. The summed E-state index contributed by atoms with van der Waals surface area (Å²) in [6.45, 7) is 3.02. The molecule has 0 amide bonds. The Labute approximate surface area is 129 Å². The van der Waals surface area contributed by atoms with Gasteiger partial charge in [-0.05, 0) is 31.2 Å². The zero-order chi connectivity index (χ0) is 14.8. The van der Waals surface area contributed by atoms with Crippen molar-refractivity contribution in [2.75, 3.05) is 5.32 Å². The number of rotatable bonds is 4. The van der Waals surface area contributed by atoms with Gasteiger partial charge in [-0.1, -0.05) is 27.2 Å². The van der Waals surface area contributed by atoms with Gasteiger partial charge in [0.05, 0.1) is 5.39 Å². The van der Waals surface area contributed by atoms with E-state index in [4.69, 9.17) is 4.52 Å². The molecule has 2 aromatic heterocycles. The Morgan fingerprint density at radius 2 is 2.24 bits per heavy atom. The Kier molecular flexibility index (Phi) is 3.79. The molecule has 108 valence electrons. The maximum absolute atomic E-state index is 12.1. The van der Waals surface area contributed by atoms with Crippen molar-refractivity contribution in [2.45, 2.75) is 20.0 Å². The predicted octanol–water partition coefficient (Wildman–Crippen LogP) is 3.38. The van der Waals surface area contributed by atoms with E-state index in [1.54, 1.807) is 10.8 Å². The molecule has 5 nitrogen and oxygen atoms in total. The molecular formula is C15H14BrN3O2. The van der Waals surface area contributed by atoms with Crippen LogP contribution in [0, 0.1) is 0 Å². The lowest BCUT2D eigenvalue weighted by Gasteiger charge is -2.06. The van der Waals surface area contributed by atoms with Crippen molar-refractivity contribution in [2.24, 2.45) is 0 Å². The molecule has 3 aromatic rings. The van der Waals surface area contributed by atoms with Crippen LogP contribution in [-0.2, 0) is 13.1 Å². The molecule has 1 N–H and O–H groups in total. The van der Waals surface area contributed by atoms with Crippen molar-refractivity contribution in [1.82, 2.24) is 9.72 Å². The third-order valence-electron chi connectivity index (χ3n) is 3.32. The molecule has 0 aliphatic carbocycles. The summed E-state index contributed by atoms with van der Waals surface area (Å²) in [6, 6.07) is 9.38. The highest BCUT2D eigenvalue weighted by molar-refractivity contribution is 9.10. The second-order valence-corrected chi connectivity index (χ2v) is 5.57. The topological polar surface area (TPSA) is 60.1 Å². The van der Waals surface area contributed by atoms with Gasteiger partial charge in [-0.3, -0.25) is 4.79 Å². The van der Waals surface area contributed by atoms with E-state index in [0.717, 1.165) is 9.86 Å². The van der Waals surface area contributed by atoms with Crippen molar-refractivity contribution in [3.63, 3.8) is 0 Å². The molecule has 3 rings (SSSR count). The molecule has 0 radical (unpaired) electrons. The van der Waals surface area contributed by atoms with E-state index < -0.39 is 0 Å². The first-order chi connectivity index (χ1) is 10.2. The summed E-state index contributed by atoms with van der Waals surface area (Å²) in [5.74, 6) is 0.637. The number of nitrogens with one attached hydrogen (secondary N) is 1. The number of hydrogen-bond donors (Lipinski definition) is 1. The number of fused-ring (bicyclic) bond motifs is 1. The number of pyridine rings is 1. The Morgan fingerprint density at radius 1 is 1.38 bits per heavy atom. The van der Waals surface area contributed by atoms with Crippen LogP contribution in [0.25, 0.3) is 11.0 Å². The average molecular weight is 348 g/mol. The molecule has 6 heteroatoms. The fourth-order valence-electron chi connectivity index (χ4n) is 2.19. The first-order valence-electron chi connectivity index (χ1n) is 6.66. The monoisotopic (exact) mass is 347 g/mol. The van der Waals surface area contributed by atoms with Gasteiger partial charge in [-0.2, -0.15) is 0 Å². The number of benzene rings is 1. The van der Waals surface area contributed by atoms with Crippen LogP contribution in [0.1, 0.15) is 12.5 Å². The summed E-state index contributed by atoms with van der Waals surface area (Å²) in [4.78, 5) is 12.1. The molecule has 2 heterocycles. The second-order valence-electron chi connectivity index (χ2n) is 4.65. The molecule has 0 aliphatic heterocycles. The first kappa shape index (κ1) is 13.9. The number of aryl methyl sites for hydroxylation is 1. The molecule has 21 heavy (non-hydrogen) atoms. The first-order valence-corrected chi connectivity index (χ1v) is 7.45. The van der Waals surface area contributed by atoms with Crippen LogP contribution in [0.2, 0.25) is 0 Å². The van der Waals surface area contributed by atoms with Crippen molar-refractivity contribution >= 4 is 32.7 Å². The van der Waals surface area contributed by atoms with Crippen LogP contribution in [0.3, 0.4) is 0 Å². The fraction of sp³-hybridized carbons (Fsp3) is 0.200. The Bertz CT molecular complexity index is 838. The van der Waals surface area contributed by atoms with Crippen molar-refractivity contribution in [1.29, 1.82) is 0 Å². The maximum atomic E-state index is 12.1. The summed E-state index contributed by atoms with van der Waals surface area (Å²) < 4.78 is 7.88. The minimum Gasteiger partial charge on any atom is -0.362 e. The van der Waals surface area contributed by atoms with Crippen molar-refractivity contribution < 1.29 is 4.52 Å². The molecule has 0 unspecified atom stereocenters. The maximum Gasteiger partial charge on any atom is 0.255 e. The van der Waals surface area contributed by atoms with Gasteiger partial charge in [0.1, 0.15) is 0 Å².